The van der Waals surface area contributed by atoms with Crippen molar-refractivity contribution in [2.45, 2.75) is 39.0 Å². The van der Waals surface area contributed by atoms with E-state index < -0.39 is 37.3 Å². The van der Waals surface area contributed by atoms with E-state index in [1.54, 1.807) is 23.6 Å². The van der Waals surface area contributed by atoms with Crippen LogP contribution in [0.2, 0.25) is 5.02 Å². The van der Waals surface area contributed by atoms with Crippen molar-refractivity contribution in [2.75, 3.05) is 12.1 Å². The molecule has 0 saturated heterocycles. The first-order valence-electron chi connectivity index (χ1n) is 10.1. The van der Waals surface area contributed by atoms with Crippen LogP contribution in [0.15, 0.2) is 36.9 Å². The van der Waals surface area contributed by atoms with E-state index in [1.807, 2.05) is 0 Å². The lowest BCUT2D eigenvalue weighted by atomic mass is 10.1. The largest absolute Gasteiger partial charge is 0.480 e. The average molecular weight is 510 g/mol. The zero-order chi connectivity index (χ0) is 25.1. The molecular weight excluding hydrogens is 485 g/mol. The first-order valence-corrected chi connectivity index (χ1v) is 12.4. The zero-order valence-electron chi connectivity index (χ0n) is 18.7. The molecule has 0 aliphatic rings. The number of rotatable bonds is 10. The molecule has 5 N–H and O–H groups in total. The third kappa shape index (κ3) is 5.89. The van der Waals surface area contributed by atoms with E-state index in [9.17, 15) is 19.3 Å². The summed E-state index contributed by atoms with van der Waals surface area (Å²) in [7, 11) is -3.92. The molecule has 0 aliphatic carbocycles. The molecule has 2 aromatic heterocycles. The smallest absolute Gasteiger partial charge is 0.323 e. The number of hydrogen-bond acceptors (Lipinski definition) is 8. The van der Waals surface area contributed by atoms with Crippen molar-refractivity contribution in [3.63, 3.8) is 0 Å². The number of nitrogens with zero attached hydrogens (tertiary/aromatic N) is 4. The maximum atomic E-state index is 13.7. The van der Waals surface area contributed by atoms with Crippen molar-refractivity contribution in [3.05, 3.63) is 47.5 Å². The van der Waals surface area contributed by atoms with Crippen LogP contribution in [-0.2, 0) is 20.6 Å². The highest BCUT2D eigenvalue weighted by atomic mass is 35.5. The van der Waals surface area contributed by atoms with Crippen LogP contribution >= 0.6 is 19.0 Å². The lowest BCUT2D eigenvalue weighted by Crippen LogP contribution is -2.48. The van der Waals surface area contributed by atoms with E-state index in [0.29, 0.717) is 11.2 Å². The Labute approximate surface area is 200 Å². The van der Waals surface area contributed by atoms with Crippen LogP contribution in [0.5, 0.6) is 0 Å². The van der Waals surface area contributed by atoms with Gasteiger partial charge in [-0.1, -0.05) is 23.7 Å². The lowest BCUT2D eigenvalue weighted by Gasteiger charge is -2.29. The van der Waals surface area contributed by atoms with Crippen LogP contribution < -0.4 is 15.9 Å². The molecule has 1 amide bonds. The Morgan fingerprint density at radius 1 is 1.29 bits per heavy atom. The second kappa shape index (κ2) is 10.1. The first kappa shape index (κ1) is 25.6. The lowest BCUT2D eigenvalue weighted by molar-refractivity contribution is -0.142. The standard InChI is InChI=1S/C20H25ClN7O5P/c1-12(8-28-10-25-15-16(22)23-9-24-17(15)28)33-11-34(32,27-20(2,3)19(30)31)26-18(29)13-6-4-5-7-14(13)21/h4-7,9-10,12H,8,11H2,1-3H3,(H,30,31)(H2,22,23,24)(H2,26,27,29,32)/t12-,34-/m1/s1. The number of carbonyl (C=O) groups excluding carboxylic acids is 1. The van der Waals surface area contributed by atoms with Gasteiger partial charge in [-0.2, -0.15) is 0 Å². The molecule has 14 heteroatoms. The second-order valence-corrected chi connectivity index (χ2v) is 10.7. The minimum atomic E-state index is -3.92. The third-order valence-corrected chi connectivity index (χ3v) is 7.15. The Kier molecular flexibility index (Phi) is 7.57. The molecule has 0 spiro atoms. The normalized spacial score (nSPS) is 14.5. The molecular formula is C20H25ClN7O5P. The van der Waals surface area contributed by atoms with Crippen LogP contribution in [-0.4, -0.2) is 54.5 Å². The van der Waals surface area contributed by atoms with Crippen molar-refractivity contribution in [1.82, 2.24) is 29.7 Å². The van der Waals surface area contributed by atoms with Gasteiger partial charge in [0.05, 0.1) is 29.6 Å². The van der Waals surface area contributed by atoms with E-state index in [-0.39, 0.29) is 22.9 Å². The maximum Gasteiger partial charge on any atom is 0.323 e. The molecule has 0 bridgehead atoms. The number of fused-ring (bicyclic) bond motifs is 1. The quantitative estimate of drug-likeness (QED) is 0.297. The van der Waals surface area contributed by atoms with Crippen LogP contribution in [0.4, 0.5) is 5.82 Å². The van der Waals surface area contributed by atoms with Crippen molar-refractivity contribution >= 4 is 47.9 Å². The Balaban J connectivity index is 1.77. The number of carboxylic acids is 1. The molecule has 2 heterocycles. The fourth-order valence-corrected chi connectivity index (χ4v) is 5.37. The van der Waals surface area contributed by atoms with Gasteiger partial charge in [-0.25, -0.2) is 20.0 Å². The molecule has 1 aromatic carbocycles. The summed E-state index contributed by atoms with van der Waals surface area (Å²) in [5.41, 5.74) is 5.22. The Morgan fingerprint density at radius 3 is 2.68 bits per heavy atom. The van der Waals surface area contributed by atoms with Gasteiger partial charge in [-0.15, -0.1) is 0 Å². The number of carbonyl (C=O) groups is 2. The van der Waals surface area contributed by atoms with Gasteiger partial charge in [-0.05, 0) is 32.9 Å². The number of benzene rings is 1. The first-order chi connectivity index (χ1) is 15.9. The van der Waals surface area contributed by atoms with Gasteiger partial charge < -0.3 is 20.1 Å². The predicted molar refractivity (Wildman–Crippen MR) is 127 cm³/mol. The maximum absolute atomic E-state index is 13.7. The number of anilines is 1. The summed E-state index contributed by atoms with van der Waals surface area (Å²) in [6.45, 7) is 4.65. The van der Waals surface area contributed by atoms with Gasteiger partial charge in [0.15, 0.2) is 11.5 Å². The molecule has 0 unspecified atom stereocenters. The number of nitrogens with one attached hydrogen (secondary N) is 2. The number of ether oxygens (including phenoxy) is 1. The molecule has 0 radical (unpaired) electrons. The summed E-state index contributed by atoms with van der Waals surface area (Å²) in [6, 6.07) is 6.23. The predicted octanol–water partition coefficient (Wildman–Crippen LogP) is 2.50. The number of nitrogen functional groups attached to an aromatic ring is 1. The monoisotopic (exact) mass is 509 g/mol. The number of aliphatic carboxylic acids is 1. The number of aromatic nitrogens is 4. The van der Waals surface area contributed by atoms with Gasteiger partial charge in [-0.3, -0.25) is 19.2 Å². The summed E-state index contributed by atoms with van der Waals surface area (Å²) in [4.78, 5) is 36.6. The SMILES string of the molecule is C[C@H](Cn1cnc2c(N)ncnc21)OC[P@@](=O)(NC(=O)c1ccccc1Cl)NC(C)(C)C(=O)O. The van der Waals surface area contributed by atoms with Crippen LogP contribution in [0.1, 0.15) is 31.1 Å². The molecule has 0 aliphatic heterocycles. The molecule has 182 valence electrons. The number of amides is 1. The molecule has 3 rings (SSSR count). The van der Waals surface area contributed by atoms with E-state index in [0.717, 1.165) is 0 Å². The molecule has 0 saturated carbocycles. The van der Waals surface area contributed by atoms with E-state index in [2.05, 4.69) is 25.1 Å². The van der Waals surface area contributed by atoms with Crippen molar-refractivity contribution < 1.29 is 24.0 Å². The summed E-state index contributed by atoms with van der Waals surface area (Å²) in [5.74, 6) is -1.74. The number of halogens is 1. The molecule has 12 nitrogen and oxygen atoms in total. The Morgan fingerprint density at radius 2 is 2.00 bits per heavy atom. The zero-order valence-corrected chi connectivity index (χ0v) is 20.4. The molecule has 34 heavy (non-hydrogen) atoms. The van der Waals surface area contributed by atoms with Crippen molar-refractivity contribution in [1.29, 1.82) is 0 Å². The fourth-order valence-electron chi connectivity index (χ4n) is 3.06. The van der Waals surface area contributed by atoms with Crippen LogP contribution in [0.25, 0.3) is 11.2 Å². The minimum absolute atomic E-state index is 0.0922. The highest BCUT2D eigenvalue weighted by molar-refractivity contribution is 7.60. The number of imidazole rings is 1. The topological polar surface area (TPSA) is 174 Å². The fraction of sp³-hybridized carbons (Fsp3) is 0.350. The van der Waals surface area contributed by atoms with Gasteiger partial charge in [0, 0.05) is 0 Å². The van der Waals surface area contributed by atoms with Gasteiger partial charge in [0.2, 0.25) is 0 Å². The highest BCUT2D eigenvalue weighted by Crippen LogP contribution is 2.40. The second-order valence-electron chi connectivity index (χ2n) is 8.14. The summed E-state index contributed by atoms with van der Waals surface area (Å²) in [6.07, 6.45) is 1.84. The van der Waals surface area contributed by atoms with Crippen LogP contribution in [0, 0.1) is 0 Å². The number of nitrogens with two attached hydrogens (primary N) is 1. The van der Waals surface area contributed by atoms with E-state index in [4.69, 9.17) is 22.1 Å². The Bertz CT molecular complexity index is 1270. The molecule has 0 fully saturated rings. The van der Waals surface area contributed by atoms with Crippen molar-refractivity contribution in [2.24, 2.45) is 0 Å². The Hall–Kier alpha value is -3.05. The van der Waals surface area contributed by atoms with E-state index >= 15 is 0 Å². The molecule has 2 atom stereocenters. The van der Waals surface area contributed by atoms with Gasteiger partial charge >= 0.3 is 5.97 Å². The third-order valence-electron chi connectivity index (χ3n) is 4.82. The van der Waals surface area contributed by atoms with Crippen molar-refractivity contribution in [3.8, 4) is 0 Å². The average Bonchev–Trinajstić information content (AvgIpc) is 3.16. The molecule has 3 aromatic rings. The van der Waals surface area contributed by atoms with Crippen LogP contribution in [0.3, 0.4) is 0 Å². The number of carboxylic acid groups (broad SMARTS) is 1. The van der Waals surface area contributed by atoms with Gasteiger partial charge in [0.1, 0.15) is 23.7 Å². The van der Waals surface area contributed by atoms with Gasteiger partial charge in [0.25, 0.3) is 13.4 Å². The highest BCUT2D eigenvalue weighted by Gasteiger charge is 2.38. The minimum Gasteiger partial charge on any atom is -0.480 e. The summed E-state index contributed by atoms with van der Waals surface area (Å²) < 4.78 is 21.1. The van der Waals surface area contributed by atoms with E-state index in [1.165, 1.54) is 38.6 Å². The number of hydrogen-bond donors (Lipinski definition) is 4. The summed E-state index contributed by atoms with van der Waals surface area (Å²) >= 11 is 6.07. The summed E-state index contributed by atoms with van der Waals surface area (Å²) in [5, 5.41) is 14.6.